The largest absolute Gasteiger partial charge is 0.434 e. The molecule has 210 valence electrons. The molecule has 0 bridgehead atoms. The van der Waals surface area contributed by atoms with Gasteiger partial charge in [-0.2, -0.15) is 8.78 Å². The van der Waals surface area contributed by atoms with Crippen LogP contribution in [0.3, 0.4) is 0 Å². The van der Waals surface area contributed by atoms with Gasteiger partial charge in [0.2, 0.25) is 11.9 Å². The van der Waals surface area contributed by atoms with E-state index in [9.17, 15) is 18.4 Å². The second kappa shape index (κ2) is 12.0. The van der Waals surface area contributed by atoms with Crippen molar-refractivity contribution in [3.63, 3.8) is 0 Å². The van der Waals surface area contributed by atoms with Gasteiger partial charge in [-0.15, -0.1) is 0 Å². The van der Waals surface area contributed by atoms with Crippen LogP contribution in [0.25, 0.3) is 11.0 Å². The molecule has 2 amide bonds. The number of anilines is 2. The highest BCUT2D eigenvalue weighted by Gasteiger charge is 2.24. The van der Waals surface area contributed by atoms with Crippen LogP contribution in [-0.2, 0) is 11.3 Å². The van der Waals surface area contributed by atoms with Gasteiger partial charge in [-0.05, 0) is 30.5 Å². The number of rotatable bonds is 8. The van der Waals surface area contributed by atoms with Gasteiger partial charge in [0.25, 0.3) is 5.91 Å². The van der Waals surface area contributed by atoms with Crippen molar-refractivity contribution in [1.29, 1.82) is 0 Å². The quantitative estimate of drug-likeness (QED) is 0.230. The maximum atomic E-state index is 13.2. The summed E-state index contributed by atoms with van der Waals surface area (Å²) in [6.07, 6.45) is 4.82. The van der Waals surface area contributed by atoms with Gasteiger partial charge < -0.3 is 25.7 Å². The fraction of sp³-hybridized carbons (Fsp3) is 0.444. The molecule has 1 saturated carbocycles. The van der Waals surface area contributed by atoms with E-state index in [-0.39, 0.29) is 40.8 Å². The topological polar surface area (TPSA) is 108 Å². The van der Waals surface area contributed by atoms with Gasteiger partial charge in [0.15, 0.2) is 0 Å². The third-order valence-electron chi connectivity index (χ3n) is 6.52. The molecule has 4 N–H and O–H groups in total. The summed E-state index contributed by atoms with van der Waals surface area (Å²) in [4.78, 5) is 32.7. The summed E-state index contributed by atoms with van der Waals surface area (Å²) in [7, 11) is 0. The molecule has 1 heterocycles. The Hall–Kier alpha value is -3.11. The predicted molar refractivity (Wildman–Crippen MR) is 148 cm³/mol. The van der Waals surface area contributed by atoms with Crippen LogP contribution >= 0.6 is 23.2 Å². The monoisotopic (exact) mass is 581 g/mol. The number of carbonyl (C=O) groups is 2. The summed E-state index contributed by atoms with van der Waals surface area (Å²) >= 11 is 13.0. The number of fused-ring (bicyclic) bond motifs is 1. The van der Waals surface area contributed by atoms with Gasteiger partial charge in [-0.25, -0.2) is 4.98 Å². The number of amides is 2. The molecular formula is C27H31Cl2F2N5O3. The average Bonchev–Trinajstić information content (AvgIpc) is 3.26. The van der Waals surface area contributed by atoms with Crippen molar-refractivity contribution in [3.05, 3.63) is 45.4 Å². The van der Waals surface area contributed by atoms with E-state index in [0.717, 1.165) is 32.1 Å². The van der Waals surface area contributed by atoms with E-state index in [1.807, 2.05) is 20.8 Å². The molecule has 3 aromatic rings. The van der Waals surface area contributed by atoms with Crippen molar-refractivity contribution in [2.75, 3.05) is 5.32 Å². The molecule has 0 saturated heterocycles. The van der Waals surface area contributed by atoms with Crippen LogP contribution in [0.15, 0.2) is 24.3 Å². The minimum atomic E-state index is -3.11. The number of H-pyrrole nitrogens is 1. The molecule has 0 spiro atoms. The first kappa shape index (κ1) is 28.9. The van der Waals surface area contributed by atoms with E-state index in [4.69, 9.17) is 23.2 Å². The van der Waals surface area contributed by atoms with Gasteiger partial charge >= 0.3 is 6.61 Å². The van der Waals surface area contributed by atoms with Crippen molar-refractivity contribution >= 4 is 57.7 Å². The zero-order valence-electron chi connectivity index (χ0n) is 21.9. The number of ether oxygens (including phenoxy) is 1. The lowest BCUT2D eigenvalue weighted by Gasteiger charge is -2.23. The average molecular weight is 582 g/mol. The molecule has 4 rings (SSSR count). The van der Waals surface area contributed by atoms with Gasteiger partial charge in [-0.3, -0.25) is 9.59 Å². The van der Waals surface area contributed by atoms with Crippen molar-refractivity contribution in [2.24, 2.45) is 5.41 Å². The third-order valence-corrected chi connectivity index (χ3v) is 7.27. The standard InChI is InChI=1S/C27H31Cl2F2N5O3/c1-27(2,3)24(38)32-13-14-9-10-17(28)22(21(14)29)36-26-34-18-11-16(20(39-25(30)31)12-19(18)35-26)23(37)33-15-7-5-4-6-8-15/h9-12,15,25H,4-8,13H2,1-3H3,(H,32,38)(H,33,37)(H2,34,35,36). The van der Waals surface area contributed by atoms with E-state index < -0.39 is 17.9 Å². The smallest absolute Gasteiger partial charge is 0.387 e. The molecule has 39 heavy (non-hydrogen) atoms. The van der Waals surface area contributed by atoms with Crippen molar-refractivity contribution in [3.8, 4) is 5.75 Å². The molecule has 1 aromatic heterocycles. The number of carbonyl (C=O) groups excluding carboxylic acids is 2. The minimum absolute atomic E-state index is 0.00918. The molecule has 0 unspecified atom stereocenters. The minimum Gasteiger partial charge on any atom is -0.434 e. The zero-order valence-corrected chi connectivity index (χ0v) is 23.4. The normalized spacial score (nSPS) is 14.5. The van der Waals surface area contributed by atoms with Crippen LogP contribution in [-0.4, -0.2) is 34.4 Å². The first-order valence-electron chi connectivity index (χ1n) is 12.7. The van der Waals surface area contributed by atoms with E-state index in [2.05, 4.69) is 30.7 Å². The summed E-state index contributed by atoms with van der Waals surface area (Å²) < 4.78 is 31.0. The van der Waals surface area contributed by atoms with Crippen LogP contribution in [0.4, 0.5) is 20.4 Å². The van der Waals surface area contributed by atoms with E-state index in [1.165, 1.54) is 12.1 Å². The zero-order chi connectivity index (χ0) is 28.3. The van der Waals surface area contributed by atoms with Gasteiger partial charge in [-0.1, -0.05) is 69.3 Å². The Kier molecular flexibility index (Phi) is 8.86. The Morgan fingerprint density at radius 2 is 1.87 bits per heavy atom. The van der Waals surface area contributed by atoms with E-state index >= 15 is 0 Å². The lowest BCUT2D eigenvalue weighted by atomic mass is 9.95. The summed E-state index contributed by atoms with van der Waals surface area (Å²) in [5, 5.41) is 9.40. The molecule has 1 aliphatic rings. The van der Waals surface area contributed by atoms with E-state index in [0.29, 0.717) is 27.3 Å². The first-order chi connectivity index (χ1) is 18.4. The SMILES string of the molecule is CC(C)(C)C(=O)NCc1ccc(Cl)c(Nc2nc3cc(OC(F)F)c(C(=O)NC4CCCCC4)cc3[nH]2)c1Cl. The number of hydrogen-bond donors (Lipinski definition) is 4. The maximum absolute atomic E-state index is 13.2. The van der Waals surface area contributed by atoms with Crippen LogP contribution < -0.4 is 20.7 Å². The molecule has 0 radical (unpaired) electrons. The number of nitrogens with one attached hydrogen (secondary N) is 4. The third kappa shape index (κ3) is 7.10. The van der Waals surface area contributed by atoms with Crippen molar-refractivity contribution in [1.82, 2.24) is 20.6 Å². The number of hydrogen-bond acceptors (Lipinski definition) is 5. The van der Waals surface area contributed by atoms with Crippen molar-refractivity contribution < 1.29 is 23.1 Å². The summed E-state index contributed by atoms with van der Waals surface area (Å²) in [5.74, 6) is -0.667. The van der Waals surface area contributed by atoms with E-state index in [1.54, 1.807) is 12.1 Å². The number of benzene rings is 2. The number of imidazole rings is 1. The Labute approximate surface area is 235 Å². The second-order valence-electron chi connectivity index (χ2n) is 10.6. The lowest BCUT2D eigenvalue weighted by molar-refractivity contribution is -0.128. The van der Waals surface area contributed by atoms with Crippen LogP contribution in [0.2, 0.25) is 10.0 Å². The number of nitrogens with zero attached hydrogens (tertiary/aromatic N) is 1. The van der Waals surface area contributed by atoms with Gasteiger partial charge in [0.1, 0.15) is 5.75 Å². The molecule has 12 heteroatoms. The fourth-order valence-electron chi connectivity index (χ4n) is 4.38. The maximum Gasteiger partial charge on any atom is 0.387 e. The molecular weight excluding hydrogens is 551 g/mol. The first-order valence-corrected chi connectivity index (χ1v) is 13.5. The van der Waals surface area contributed by atoms with Gasteiger partial charge in [0, 0.05) is 24.1 Å². The number of aromatic nitrogens is 2. The summed E-state index contributed by atoms with van der Waals surface area (Å²) in [5.41, 5.74) is 1.12. The highest BCUT2D eigenvalue weighted by atomic mass is 35.5. The summed E-state index contributed by atoms with van der Waals surface area (Å²) in [6.45, 7) is 2.50. The Morgan fingerprint density at radius 3 is 2.54 bits per heavy atom. The second-order valence-corrected chi connectivity index (χ2v) is 11.4. The van der Waals surface area contributed by atoms with Gasteiger partial charge in [0.05, 0.1) is 32.3 Å². The molecule has 0 aliphatic heterocycles. The molecule has 0 atom stereocenters. The molecule has 2 aromatic carbocycles. The highest BCUT2D eigenvalue weighted by molar-refractivity contribution is 6.39. The van der Waals surface area contributed by atoms with Crippen molar-refractivity contribution in [2.45, 2.75) is 72.1 Å². The predicted octanol–water partition coefficient (Wildman–Crippen LogP) is 6.94. The van der Waals surface area contributed by atoms with Crippen LogP contribution in [0, 0.1) is 5.41 Å². The molecule has 1 aliphatic carbocycles. The fourth-order valence-corrected chi connectivity index (χ4v) is 4.92. The Morgan fingerprint density at radius 1 is 1.15 bits per heavy atom. The molecule has 1 fully saturated rings. The Balaban J connectivity index is 1.60. The highest BCUT2D eigenvalue weighted by Crippen LogP contribution is 2.36. The van der Waals surface area contributed by atoms with Crippen LogP contribution in [0.1, 0.15) is 68.8 Å². The number of alkyl halides is 2. The lowest BCUT2D eigenvalue weighted by Crippen LogP contribution is -2.36. The Bertz CT molecular complexity index is 1370. The summed E-state index contributed by atoms with van der Waals surface area (Å²) in [6, 6.07) is 6.07. The molecule has 8 nitrogen and oxygen atoms in total. The van der Waals surface area contributed by atoms with Crippen LogP contribution in [0.5, 0.6) is 5.75 Å². The number of halogens is 4. The number of aromatic amines is 1.